The van der Waals surface area contributed by atoms with Gasteiger partial charge in [-0.2, -0.15) is 0 Å². The molecule has 140 valence electrons. The molecule has 2 aliphatic rings. The first-order valence-corrected chi connectivity index (χ1v) is 9.48. The lowest BCUT2D eigenvalue weighted by atomic mass is 9.78. The lowest BCUT2D eigenvalue weighted by Crippen LogP contribution is -2.55. The van der Waals surface area contributed by atoms with Crippen LogP contribution in [0.15, 0.2) is 42.7 Å². The van der Waals surface area contributed by atoms with Crippen molar-refractivity contribution >= 4 is 11.8 Å². The first-order valence-electron chi connectivity index (χ1n) is 9.48. The lowest BCUT2D eigenvalue weighted by molar-refractivity contribution is 0.0829. The number of benzene rings is 1. The van der Waals surface area contributed by atoms with E-state index in [1.807, 2.05) is 37.3 Å². The molecular weight excluding hydrogens is 340 g/mol. The molecule has 4 rings (SSSR count). The fraction of sp³-hybridized carbons (Fsp3) is 0.429. The quantitative estimate of drug-likeness (QED) is 0.874. The Morgan fingerprint density at radius 2 is 1.59 bits per heavy atom. The third kappa shape index (κ3) is 3.56. The Labute approximate surface area is 158 Å². The number of nitrogens with one attached hydrogen (secondary N) is 2. The van der Waals surface area contributed by atoms with E-state index in [2.05, 4.69) is 20.6 Å². The average molecular weight is 364 g/mol. The van der Waals surface area contributed by atoms with Gasteiger partial charge in [-0.1, -0.05) is 18.2 Å². The summed E-state index contributed by atoms with van der Waals surface area (Å²) in [6, 6.07) is 9.30. The highest BCUT2D eigenvalue weighted by atomic mass is 16.2. The topological polar surface area (TPSA) is 84.0 Å². The van der Waals surface area contributed by atoms with Crippen molar-refractivity contribution in [2.75, 3.05) is 0 Å². The maximum Gasteiger partial charge on any atom is 0.271 e. The molecule has 2 fully saturated rings. The van der Waals surface area contributed by atoms with Crippen molar-refractivity contribution in [3.8, 4) is 0 Å². The number of hydrogen-bond donors (Lipinski definition) is 2. The highest BCUT2D eigenvalue weighted by molar-refractivity contribution is 5.95. The van der Waals surface area contributed by atoms with Gasteiger partial charge in [0.05, 0.1) is 11.9 Å². The van der Waals surface area contributed by atoms with Crippen LogP contribution in [-0.2, 0) is 0 Å². The minimum atomic E-state index is -0.273. The lowest BCUT2D eigenvalue weighted by Gasteiger charge is -2.40. The first kappa shape index (κ1) is 17.6. The zero-order chi connectivity index (χ0) is 18.9. The molecule has 0 unspecified atom stereocenters. The molecule has 2 N–H and O–H groups in total. The number of rotatable bonds is 4. The molecule has 2 aliphatic carbocycles. The summed E-state index contributed by atoms with van der Waals surface area (Å²) in [7, 11) is 0. The van der Waals surface area contributed by atoms with Gasteiger partial charge in [0.2, 0.25) is 0 Å². The maximum absolute atomic E-state index is 12.7. The molecule has 2 bridgehead atoms. The SMILES string of the molecule is Cc1cncc(C(=O)N[C@]23CCC[C@@](NC(=O)c4ccccc4)(CC2)C3)n1. The van der Waals surface area contributed by atoms with Crippen LogP contribution in [0.25, 0.3) is 0 Å². The third-order valence-corrected chi connectivity index (χ3v) is 5.85. The fourth-order valence-electron chi connectivity index (χ4n) is 4.61. The number of fused-ring (bicyclic) bond motifs is 2. The van der Waals surface area contributed by atoms with Crippen LogP contribution < -0.4 is 10.6 Å². The van der Waals surface area contributed by atoms with E-state index in [-0.39, 0.29) is 22.9 Å². The molecule has 1 aromatic carbocycles. The highest BCUT2D eigenvalue weighted by Gasteiger charge is 2.52. The maximum atomic E-state index is 12.7. The number of amides is 2. The summed E-state index contributed by atoms with van der Waals surface area (Å²) < 4.78 is 0. The minimum absolute atomic E-state index is 0.0378. The predicted molar refractivity (Wildman–Crippen MR) is 101 cm³/mol. The molecule has 2 aromatic rings. The molecule has 27 heavy (non-hydrogen) atoms. The summed E-state index contributed by atoms with van der Waals surface area (Å²) in [5.41, 5.74) is 1.23. The summed E-state index contributed by atoms with van der Waals surface area (Å²) in [5.74, 6) is -0.220. The number of carbonyl (C=O) groups is 2. The Morgan fingerprint density at radius 3 is 2.26 bits per heavy atom. The Kier molecular flexibility index (Phi) is 4.42. The summed E-state index contributed by atoms with van der Waals surface area (Å²) in [6.45, 7) is 1.82. The van der Waals surface area contributed by atoms with E-state index < -0.39 is 0 Å². The van der Waals surface area contributed by atoms with Crippen LogP contribution in [0.2, 0.25) is 0 Å². The van der Waals surface area contributed by atoms with E-state index >= 15 is 0 Å². The molecule has 0 spiro atoms. The highest BCUT2D eigenvalue weighted by Crippen LogP contribution is 2.48. The van der Waals surface area contributed by atoms with Gasteiger partial charge in [-0.25, -0.2) is 4.98 Å². The van der Waals surface area contributed by atoms with E-state index in [4.69, 9.17) is 0 Å². The van der Waals surface area contributed by atoms with Crippen LogP contribution in [0.4, 0.5) is 0 Å². The molecule has 2 amide bonds. The molecule has 2 saturated carbocycles. The summed E-state index contributed by atoms with van der Waals surface area (Å²) in [5, 5.41) is 6.48. The Hall–Kier alpha value is -2.76. The van der Waals surface area contributed by atoms with Crippen molar-refractivity contribution < 1.29 is 9.59 Å². The van der Waals surface area contributed by atoms with Crippen molar-refractivity contribution in [3.05, 3.63) is 59.7 Å². The largest absolute Gasteiger partial charge is 0.347 e. The number of aryl methyl sites for hydroxylation is 1. The monoisotopic (exact) mass is 364 g/mol. The smallest absolute Gasteiger partial charge is 0.271 e. The molecule has 6 nitrogen and oxygen atoms in total. The van der Waals surface area contributed by atoms with E-state index in [0.717, 1.165) is 44.2 Å². The number of nitrogens with zero attached hydrogens (tertiary/aromatic N) is 2. The van der Waals surface area contributed by atoms with Crippen LogP contribution in [-0.4, -0.2) is 32.9 Å². The second-order valence-electron chi connectivity index (χ2n) is 7.91. The van der Waals surface area contributed by atoms with Crippen molar-refractivity contribution in [2.24, 2.45) is 0 Å². The molecule has 1 heterocycles. The van der Waals surface area contributed by atoms with Crippen LogP contribution >= 0.6 is 0 Å². The first-order chi connectivity index (χ1) is 13.0. The summed E-state index contributed by atoms with van der Waals surface area (Å²) in [4.78, 5) is 33.7. The van der Waals surface area contributed by atoms with Crippen LogP contribution in [0.1, 0.15) is 65.1 Å². The van der Waals surface area contributed by atoms with E-state index in [1.54, 1.807) is 6.20 Å². The second-order valence-corrected chi connectivity index (χ2v) is 7.91. The normalized spacial score (nSPS) is 26.4. The van der Waals surface area contributed by atoms with Crippen LogP contribution in [0.3, 0.4) is 0 Å². The van der Waals surface area contributed by atoms with Gasteiger partial charge in [-0.3, -0.25) is 14.6 Å². The molecule has 0 radical (unpaired) electrons. The van der Waals surface area contributed by atoms with Gasteiger partial charge in [0, 0.05) is 22.8 Å². The summed E-state index contributed by atoms with van der Waals surface area (Å²) >= 11 is 0. The van der Waals surface area contributed by atoms with Crippen molar-refractivity contribution in [1.29, 1.82) is 0 Å². The average Bonchev–Trinajstić information content (AvgIpc) is 2.92. The zero-order valence-electron chi connectivity index (χ0n) is 15.5. The molecular formula is C21H24N4O2. The molecule has 0 saturated heterocycles. The van der Waals surface area contributed by atoms with E-state index in [9.17, 15) is 9.59 Å². The van der Waals surface area contributed by atoms with Gasteiger partial charge in [-0.05, 0) is 57.6 Å². The molecule has 0 aliphatic heterocycles. The van der Waals surface area contributed by atoms with Crippen molar-refractivity contribution in [3.63, 3.8) is 0 Å². The van der Waals surface area contributed by atoms with Crippen LogP contribution in [0, 0.1) is 6.92 Å². The fourth-order valence-corrected chi connectivity index (χ4v) is 4.61. The zero-order valence-corrected chi connectivity index (χ0v) is 15.5. The molecule has 1 aromatic heterocycles. The predicted octanol–water partition coefficient (Wildman–Crippen LogP) is 2.79. The van der Waals surface area contributed by atoms with E-state index in [0.29, 0.717) is 11.3 Å². The number of aromatic nitrogens is 2. The van der Waals surface area contributed by atoms with Gasteiger partial charge in [0.1, 0.15) is 5.69 Å². The minimum Gasteiger partial charge on any atom is -0.347 e. The molecule has 2 atom stereocenters. The summed E-state index contributed by atoms with van der Waals surface area (Å²) in [6.07, 6.45) is 8.52. The van der Waals surface area contributed by atoms with Gasteiger partial charge in [0.25, 0.3) is 11.8 Å². The Bertz CT molecular complexity index is 869. The van der Waals surface area contributed by atoms with Gasteiger partial charge >= 0.3 is 0 Å². The Balaban J connectivity index is 1.48. The molecule has 6 heteroatoms. The van der Waals surface area contributed by atoms with E-state index in [1.165, 1.54) is 6.20 Å². The van der Waals surface area contributed by atoms with Crippen molar-refractivity contribution in [1.82, 2.24) is 20.6 Å². The van der Waals surface area contributed by atoms with Crippen LogP contribution in [0.5, 0.6) is 0 Å². The standard InChI is InChI=1S/C21H24N4O2/c1-15-12-22-13-17(23-15)19(27)25-21-9-5-8-20(14-21,10-11-21)24-18(26)16-6-3-2-4-7-16/h2-4,6-7,12-13H,5,8-11,14H2,1H3,(H,24,26)(H,25,27)/t20-,21-/m1/s1. The van der Waals surface area contributed by atoms with Crippen molar-refractivity contribution in [2.45, 2.75) is 56.5 Å². The van der Waals surface area contributed by atoms with Gasteiger partial charge in [-0.15, -0.1) is 0 Å². The third-order valence-electron chi connectivity index (χ3n) is 5.85. The number of hydrogen-bond acceptors (Lipinski definition) is 4. The van der Waals surface area contributed by atoms with Gasteiger partial charge < -0.3 is 10.6 Å². The number of carbonyl (C=O) groups excluding carboxylic acids is 2. The Morgan fingerprint density at radius 1 is 0.926 bits per heavy atom. The van der Waals surface area contributed by atoms with Gasteiger partial charge in [0.15, 0.2) is 0 Å². The second kappa shape index (κ2) is 6.76.